The van der Waals surface area contributed by atoms with Crippen molar-refractivity contribution in [2.24, 2.45) is 0 Å². The normalized spacial score (nSPS) is 10.6. The molecule has 0 amide bonds. The van der Waals surface area contributed by atoms with Gasteiger partial charge in [0.25, 0.3) is 0 Å². The summed E-state index contributed by atoms with van der Waals surface area (Å²) >= 11 is 0. The molecule has 0 unspecified atom stereocenters. The lowest BCUT2D eigenvalue weighted by molar-refractivity contribution is 0.474. The minimum Gasteiger partial charge on any atom is -0.508 e. The van der Waals surface area contributed by atoms with Crippen molar-refractivity contribution in [2.75, 3.05) is 0 Å². The summed E-state index contributed by atoms with van der Waals surface area (Å²) < 4.78 is 14.4. The summed E-state index contributed by atoms with van der Waals surface area (Å²) in [6, 6.07) is 12.8. The van der Waals surface area contributed by atoms with Crippen LogP contribution in [0.1, 0.15) is 0 Å². The van der Waals surface area contributed by atoms with Gasteiger partial charge >= 0.3 is 0 Å². The monoisotopic (exact) mass is 255 g/mol. The van der Waals surface area contributed by atoms with Crippen molar-refractivity contribution in [3.05, 3.63) is 60.5 Å². The van der Waals surface area contributed by atoms with Crippen LogP contribution in [0.5, 0.6) is 5.75 Å². The van der Waals surface area contributed by atoms with E-state index in [2.05, 4.69) is 10.3 Å². The van der Waals surface area contributed by atoms with Gasteiger partial charge in [-0.25, -0.2) is 9.07 Å². The Bertz CT molecular complexity index is 707. The van der Waals surface area contributed by atoms with Crippen LogP contribution < -0.4 is 0 Å². The lowest BCUT2D eigenvalue weighted by Crippen LogP contribution is -1.93. The molecule has 0 saturated carbocycles. The second-order valence-electron chi connectivity index (χ2n) is 4.08. The van der Waals surface area contributed by atoms with Gasteiger partial charge in [0.05, 0.1) is 11.9 Å². The quantitative estimate of drug-likeness (QED) is 0.766. The van der Waals surface area contributed by atoms with Crippen LogP contribution in [0.2, 0.25) is 0 Å². The molecular weight excluding hydrogens is 245 g/mol. The van der Waals surface area contributed by atoms with Crippen molar-refractivity contribution >= 4 is 0 Å². The Hall–Kier alpha value is -2.69. The van der Waals surface area contributed by atoms with Crippen molar-refractivity contribution in [2.45, 2.75) is 0 Å². The molecule has 4 nitrogen and oxygen atoms in total. The Morgan fingerprint density at radius 1 is 1.05 bits per heavy atom. The number of hydrogen-bond acceptors (Lipinski definition) is 3. The third-order valence-corrected chi connectivity index (χ3v) is 2.73. The zero-order chi connectivity index (χ0) is 13.2. The fourth-order valence-corrected chi connectivity index (χ4v) is 1.78. The minimum atomic E-state index is -0.288. The lowest BCUT2D eigenvalue weighted by Gasteiger charge is -1.99. The van der Waals surface area contributed by atoms with Gasteiger partial charge in [0.1, 0.15) is 17.3 Å². The first-order valence-electron chi connectivity index (χ1n) is 5.70. The standard InChI is InChI=1S/C14H10FN3O/c15-11-6-4-10(5-7-11)14-9-18(17-16-14)12-2-1-3-13(19)8-12/h1-9,19H. The number of aromatic hydroxyl groups is 1. The number of rotatable bonds is 2. The van der Waals surface area contributed by atoms with E-state index in [1.165, 1.54) is 12.1 Å². The Morgan fingerprint density at radius 3 is 2.58 bits per heavy atom. The molecule has 0 atom stereocenters. The maximum Gasteiger partial charge on any atom is 0.123 e. The zero-order valence-electron chi connectivity index (χ0n) is 9.86. The molecule has 19 heavy (non-hydrogen) atoms. The van der Waals surface area contributed by atoms with Gasteiger partial charge in [-0.05, 0) is 36.4 Å². The Labute approximate surface area is 108 Å². The third kappa shape index (κ3) is 2.30. The first-order valence-corrected chi connectivity index (χ1v) is 5.70. The van der Waals surface area contributed by atoms with Gasteiger partial charge in [0, 0.05) is 11.6 Å². The first-order chi connectivity index (χ1) is 9.22. The van der Waals surface area contributed by atoms with E-state index in [1.54, 1.807) is 41.2 Å². The maximum absolute atomic E-state index is 12.8. The minimum absolute atomic E-state index is 0.163. The van der Waals surface area contributed by atoms with E-state index in [-0.39, 0.29) is 11.6 Å². The molecule has 1 aromatic heterocycles. The molecule has 0 aliphatic rings. The number of hydrogen-bond donors (Lipinski definition) is 1. The van der Waals surface area contributed by atoms with Gasteiger partial charge in [-0.15, -0.1) is 5.10 Å². The highest BCUT2D eigenvalue weighted by Gasteiger charge is 2.05. The van der Waals surface area contributed by atoms with Gasteiger partial charge in [-0.2, -0.15) is 0 Å². The third-order valence-electron chi connectivity index (χ3n) is 2.73. The molecule has 0 saturated heterocycles. The van der Waals surface area contributed by atoms with Gasteiger partial charge in [-0.3, -0.25) is 0 Å². The van der Waals surface area contributed by atoms with E-state index in [1.807, 2.05) is 6.07 Å². The Balaban J connectivity index is 1.97. The summed E-state index contributed by atoms with van der Waals surface area (Å²) in [5.41, 5.74) is 2.14. The molecule has 5 heteroatoms. The van der Waals surface area contributed by atoms with Crippen LogP contribution in [0.4, 0.5) is 4.39 Å². The second-order valence-corrected chi connectivity index (χ2v) is 4.08. The van der Waals surface area contributed by atoms with E-state index in [4.69, 9.17) is 0 Å². The van der Waals surface area contributed by atoms with Gasteiger partial charge < -0.3 is 5.11 Å². The highest BCUT2D eigenvalue weighted by molar-refractivity contribution is 5.58. The predicted octanol–water partition coefficient (Wildman–Crippen LogP) is 2.78. The number of halogens is 1. The number of phenols is 1. The number of aromatic nitrogens is 3. The van der Waals surface area contributed by atoms with Crippen molar-refractivity contribution < 1.29 is 9.50 Å². The van der Waals surface area contributed by atoms with Gasteiger partial charge in [-0.1, -0.05) is 11.3 Å². The topological polar surface area (TPSA) is 50.9 Å². The largest absolute Gasteiger partial charge is 0.508 e. The van der Waals surface area contributed by atoms with Gasteiger partial charge in [0.15, 0.2) is 0 Å². The molecule has 2 aromatic carbocycles. The van der Waals surface area contributed by atoms with Gasteiger partial charge in [0.2, 0.25) is 0 Å². The van der Waals surface area contributed by atoms with Crippen LogP contribution >= 0.6 is 0 Å². The summed E-state index contributed by atoms with van der Waals surface area (Å²) in [4.78, 5) is 0. The fourth-order valence-electron chi connectivity index (χ4n) is 1.78. The van der Waals surface area contributed by atoms with E-state index >= 15 is 0 Å². The van der Waals surface area contributed by atoms with Crippen LogP contribution in [-0.2, 0) is 0 Å². The Morgan fingerprint density at radius 2 is 1.84 bits per heavy atom. The number of phenolic OH excluding ortho intramolecular Hbond substituents is 1. The average Bonchev–Trinajstić information content (AvgIpc) is 2.89. The van der Waals surface area contributed by atoms with Crippen LogP contribution in [0.3, 0.4) is 0 Å². The molecule has 1 heterocycles. The van der Waals surface area contributed by atoms with E-state index < -0.39 is 0 Å². The summed E-state index contributed by atoms with van der Waals surface area (Å²) in [5, 5.41) is 17.4. The molecule has 3 aromatic rings. The van der Waals surface area contributed by atoms with Crippen molar-refractivity contribution in [1.82, 2.24) is 15.0 Å². The molecule has 0 radical (unpaired) electrons. The maximum atomic E-state index is 12.8. The SMILES string of the molecule is Oc1cccc(-n2cc(-c3ccc(F)cc3)nn2)c1. The number of benzene rings is 2. The molecule has 0 aliphatic heterocycles. The fraction of sp³-hybridized carbons (Fsp3) is 0. The first kappa shape index (κ1) is 11.4. The van der Waals surface area contributed by atoms with E-state index in [9.17, 15) is 9.50 Å². The molecule has 0 spiro atoms. The van der Waals surface area contributed by atoms with E-state index in [0.717, 1.165) is 5.56 Å². The molecule has 94 valence electrons. The zero-order valence-corrected chi connectivity index (χ0v) is 9.86. The summed E-state index contributed by atoms with van der Waals surface area (Å²) in [7, 11) is 0. The molecule has 0 bridgehead atoms. The lowest BCUT2D eigenvalue weighted by atomic mass is 10.2. The second kappa shape index (κ2) is 4.53. The summed E-state index contributed by atoms with van der Waals surface area (Å²) in [5.74, 6) is -0.125. The van der Waals surface area contributed by atoms with Crippen molar-refractivity contribution in [1.29, 1.82) is 0 Å². The van der Waals surface area contributed by atoms with Crippen LogP contribution in [0.15, 0.2) is 54.7 Å². The molecule has 1 N–H and O–H groups in total. The predicted molar refractivity (Wildman–Crippen MR) is 68.4 cm³/mol. The van der Waals surface area contributed by atoms with Crippen LogP contribution in [0.25, 0.3) is 16.9 Å². The molecule has 0 fully saturated rings. The van der Waals surface area contributed by atoms with Crippen molar-refractivity contribution in [3.8, 4) is 22.7 Å². The van der Waals surface area contributed by atoms with E-state index in [0.29, 0.717) is 11.4 Å². The Kier molecular flexibility index (Phi) is 2.72. The van der Waals surface area contributed by atoms with Crippen molar-refractivity contribution in [3.63, 3.8) is 0 Å². The smallest absolute Gasteiger partial charge is 0.123 e. The highest BCUT2D eigenvalue weighted by atomic mass is 19.1. The molecular formula is C14H10FN3O. The highest BCUT2D eigenvalue weighted by Crippen LogP contribution is 2.19. The van der Waals surface area contributed by atoms with Crippen LogP contribution in [0, 0.1) is 5.82 Å². The summed E-state index contributed by atoms with van der Waals surface area (Å²) in [6.45, 7) is 0. The van der Waals surface area contributed by atoms with Crippen LogP contribution in [-0.4, -0.2) is 20.1 Å². The molecule has 0 aliphatic carbocycles. The number of nitrogens with zero attached hydrogens (tertiary/aromatic N) is 3. The average molecular weight is 255 g/mol. The molecule has 3 rings (SSSR count). The summed E-state index contributed by atoms with van der Waals surface area (Å²) in [6.07, 6.45) is 1.72.